The van der Waals surface area contributed by atoms with Crippen LogP contribution in [0.15, 0.2) is 24.3 Å². The zero-order valence-electron chi connectivity index (χ0n) is 12.0. The molecule has 0 aromatic heterocycles. The zero-order chi connectivity index (χ0) is 14.9. The minimum atomic E-state index is -0.396. The number of amides is 1. The molecule has 2 heterocycles. The molecule has 0 unspecified atom stereocenters. The number of nitrogens with zero attached hydrogens (tertiary/aromatic N) is 1. The van der Waals surface area contributed by atoms with Crippen molar-refractivity contribution in [3.8, 4) is 0 Å². The van der Waals surface area contributed by atoms with Gasteiger partial charge < -0.3 is 10.4 Å². The van der Waals surface area contributed by atoms with Crippen molar-refractivity contribution in [3.05, 3.63) is 35.6 Å². The molecule has 0 aliphatic carbocycles. The Morgan fingerprint density at radius 1 is 1.43 bits per heavy atom. The van der Waals surface area contributed by atoms with Crippen LogP contribution in [0.25, 0.3) is 0 Å². The highest BCUT2D eigenvalue weighted by Gasteiger charge is 2.49. The van der Waals surface area contributed by atoms with Crippen LogP contribution < -0.4 is 5.32 Å². The third-order valence-corrected chi connectivity index (χ3v) is 4.73. The van der Waals surface area contributed by atoms with Crippen LogP contribution in [0, 0.1) is 5.82 Å². The van der Waals surface area contributed by atoms with Crippen LogP contribution in [-0.4, -0.2) is 47.7 Å². The van der Waals surface area contributed by atoms with Crippen molar-refractivity contribution in [2.24, 2.45) is 0 Å². The highest BCUT2D eigenvalue weighted by molar-refractivity contribution is 5.78. The van der Waals surface area contributed by atoms with E-state index in [4.69, 9.17) is 0 Å². The Hall–Kier alpha value is -1.46. The Balaban J connectivity index is 1.95. The summed E-state index contributed by atoms with van der Waals surface area (Å²) in [5.74, 6) is -0.226. The average Bonchev–Trinajstić information content (AvgIpc) is 2.77. The molecule has 2 N–H and O–H groups in total. The van der Waals surface area contributed by atoms with Gasteiger partial charge >= 0.3 is 0 Å². The van der Waals surface area contributed by atoms with Crippen molar-refractivity contribution in [1.29, 1.82) is 0 Å². The summed E-state index contributed by atoms with van der Waals surface area (Å²) in [5, 5.41) is 12.3. The van der Waals surface area contributed by atoms with Crippen molar-refractivity contribution in [3.63, 3.8) is 0 Å². The van der Waals surface area contributed by atoms with Crippen LogP contribution in [-0.2, 0) is 4.79 Å². The second kappa shape index (κ2) is 5.73. The number of likely N-dealkylation sites (tertiary alicyclic amines) is 1. The minimum absolute atomic E-state index is 0.0495. The number of hydrogen-bond acceptors (Lipinski definition) is 3. The van der Waals surface area contributed by atoms with E-state index in [1.807, 2.05) is 12.1 Å². The summed E-state index contributed by atoms with van der Waals surface area (Å²) in [7, 11) is 0. The molecular weight excluding hydrogens is 271 g/mol. The number of piperidine rings is 1. The third kappa shape index (κ3) is 2.68. The van der Waals surface area contributed by atoms with E-state index in [2.05, 4.69) is 10.2 Å². The summed E-state index contributed by atoms with van der Waals surface area (Å²) in [4.78, 5) is 14.0. The number of benzene rings is 1. The first-order valence-electron chi connectivity index (χ1n) is 7.53. The van der Waals surface area contributed by atoms with E-state index in [0.29, 0.717) is 31.6 Å². The summed E-state index contributed by atoms with van der Waals surface area (Å²) in [5.41, 5.74) is 0.271. The van der Waals surface area contributed by atoms with Crippen LogP contribution in [0.2, 0.25) is 0 Å². The fourth-order valence-electron chi connectivity index (χ4n) is 3.82. The lowest BCUT2D eigenvalue weighted by Gasteiger charge is -2.39. The first-order valence-corrected chi connectivity index (χ1v) is 7.53. The van der Waals surface area contributed by atoms with Gasteiger partial charge in [-0.25, -0.2) is 4.39 Å². The number of carbonyl (C=O) groups excluding carboxylic acids is 1. The van der Waals surface area contributed by atoms with E-state index in [1.54, 1.807) is 6.07 Å². The molecule has 1 aromatic carbocycles. The molecular formula is C16H21FN2O2. The maximum atomic E-state index is 14.2. The summed E-state index contributed by atoms with van der Waals surface area (Å²) in [6, 6.07) is 6.81. The van der Waals surface area contributed by atoms with Gasteiger partial charge in [0.15, 0.2) is 0 Å². The molecule has 114 valence electrons. The van der Waals surface area contributed by atoms with Gasteiger partial charge in [0.1, 0.15) is 5.82 Å². The van der Waals surface area contributed by atoms with Crippen LogP contribution in [0.1, 0.15) is 30.7 Å². The summed E-state index contributed by atoms with van der Waals surface area (Å²) >= 11 is 0. The number of β-amino-alcohol motifs (C(OH)–C–C–N with tert-alkyl or cyclic N) is 1. The van der Waals surface area contributed by atoms with Crippen LogP contribution >= 0.6 is 0 Å². The molecule has 0 saturated carbocycles. The molecule has 21 heavy (non-hydrogen) atoms. The van der Waals surface area contributed by atoms with E-state index in [0.717, 1.165) is 12.8 Å². The molecule has 2 fully saturated rings. The van der Waals surface area contributed by atoms with Gasteiger partial charge in [-0.1, -0.05) is 18.2 Å². The largest absolute Gasteiger partial charge is 0.395 e. The van der Waals surface area contributed by atoms with Gasteiger partial charge in [0.25, 0.3) is 0 Å². The number of aliphatic hydroxyl groups excluding tert-OH is 1. The molecule has 1 spiro atoms. The van der Waals surface area contributed by atoms with Gasteiger partial charge in [-0.15, -0.1) is 0 Å². The number of nitrogens with one attached hydrogen (secondary N) is 1. The van der Waals surface area contributed by atoms with Crippen molar-refractivity contribution >= 4 is 5.91 Å². The number of aliphatic hydroxyl groups is 1. The SMILES string of the molecule is O=C1CCC[C@]2(CN(CCO)C[C@H]2c2ccccc2F)N1. The molecule has 4 nitrogen and oxygen atoms in total. The van der Waals surface area contributed by atoms with E-state index in [-0.39, 0.29) is 24.2 Å². The van der Waals surface area contributed by atoms with Crippen LogP contribution in [0.4, 0.5) is 4.39 Å². The molecule has 1 aromatic rings. The second-order valence-corrected chi connectivity index (χ2v) is 6.09. The van der Waals surface area contributed by atoms with Crippen molar-refractivity contribution < 1.29 is 14.3 Å². The summed E-state index contributed by atoms with van der Waals surface area (Å²) < 4.78 is 14.2. The lowest BCUT2D eigenvalue weighted by Crippen LogP contribution is -2.56. The molecule has 2 aliphatic rings. The monoisotopic (exact) mass is 292 g/mol. The number of carbonyl (C=O) groups is 1. The number of halogens is 1. The Labute approximate surface area is 124 Å². The molecule has 2 atom stereocenters. The molecule has 0 radical (unpaired) electrons. The standard InChI is InChI=1S/C16H21FN2O2/c17-14-5-2-1-4-12(14)13-10-19(8-9-20)11-16(13)7-3-6-15(21)18-16/h1-2,4-5,13,20H,3,6-11H2,(H,18,21)/t13-,16+/m0/s1. The topological polar surface area (TPSA) is 52.6 Å². The van der Waals surface area contributed by atoms with Crippen molar-refractivity contribution in [2.75, 3.05) is 26.2 Å². The summed E-state index contributed by atoms with van der Waals surface area (Å²) in [6.07, 6.45) is 2.25. The van der Waals surface area contributed by atoms with Gasteiger partial charge in [0.2, 0.25) is 5.91 Å². The molecule has 5 heteroatoms. The minimum Gasteiger partial charge on any atom is -0.395 e. The summed E-state index contributed by atoms with van der Waals surface area (Å²) in [6.45, 7) is 1.98. The lowest BCUT2D eigenvalue weighted by atomic mass is 9.76. The van der Waals surface area contributed by atoms with E-state index >= 15 is 0 Å². The number of rotatable bonds is 3. The van der Waals surface area contributed by atoms with Gasteiger partial charge in [0.05, 0.1) is 12.1 Å². The Bertz CT molecular complexity index is 537. The third-order valence-electron chi connectivity index (χ3n) is 4.73. The van der Waals surface area contributed by atoms with E-state index < -0.39 is 5.54 Å². The van der Waals surface area contributed by atoms with Crippen molar-refractivity contribution in [2.45, 2.75) is 30.7 Å². The van der Waals surface area contributed by atoms with Gasteiger partial charge in [-0.2, -0.15) is 0 Å². The first kappa shape index (κ1) is 14.5. The quantitative estimate of drug-likeness (QED) is 0.882. The van der Waals surface area contributed by atoms with Crippen LogP contribution in [0.3, 0.4) is 0 Å². The highest BCUT2D eigenvalue weighted by atomic mass is 19.1. The van der Waals surface area contributed by atoms with E-state index in [1.165, 1.54) is 6.07 Å². The Morgan fingerprint density at radius 3 is 2.95 bits per heavy atom. The smallest absolute Gasteiger partial charge is 0.220 e. The fourth-order valence-corrected chi connectivity index (χ4v) is 3.82. The zero-order valence-corrected chi connectivity index (χ0v) is 12.0. The molecule has 1 amide bonds. The predicted octanol–water partition coefficient (Wildman–Crippen LogP) is 1.26. The average molecular weight is 292 g/mol. The predicted molar refractivity (Wildman–Crippen MR) is 77.4 cm³/mol. The molecule has 3 rings (SSSR count). The molecule has 2 aliphatic heterocycles. The first-order chi connectivity index (χ1) is 10.1. The fraction of sp³-hybridized carbons (Fsp3) is 0.562. The normalized spacial score (nSPS) is 29.8. The molecule has 0 bridgehead atoms. The molecule has 2 saturated heterocycles. The maximum absolute atomic E-state index is 14.2. The van der Waals surface area contributed by atoms with Crippen molar-refractivity contribution in [1.82, 2.24) is 10.2 Å². The van der Waals surface area contributed by atoms with Gasteiger partial charge in [0, 0.05) is 32.0 Å². The van der Waals surface area contributed by atoms with Gasteiger partial charge in [-0.3, -0.25) is 9.69 Å². The van der Waals surface area contributed by atoms with E-state index in [9.17, 15) is 14.3 Å². The van der Waals surface area contributed by atoms with Crippen LogP contribution in [0.5, 0.6) is 0 Å². The second-order valence-electron chi connectivity index (χ2n) is 6.09. The maximum Gasteiger partial charge on any atom is 0.220 e. The number of hydrogen-bond donors (Lipinski definition) is 2. The lowest BCUT2D eigenvalue weighted by molar-refractivity contribution is -0.125. The highest BCUT2D eigenvalue weighted by Crippen LogP contribution is 2.41. The Morgan fingerprint density at radius 2 is 2.24 bits per heavy atom. The Kier molecular flexibility index (Phi) is 3.95. The van der Waals surface area contributed by atoms with Gasteiger partial charge in [-0.05, 0) is 24.5 Å².